The third kappa shape index (κ3) is 33.7. The molecule has 0 aromatic carbocycles. The second-order valence-corrected chi connectivity index (χ2v) is 20.1. The number of hydrogen-bond acceptors (Lipinski definition) is 12. The predicted octanol–water partition coefficient (Wildman–Crippen LogP) is 11.4. The van der Waals surface area contributed by atoms with Crippen molar-refractivity contribution in [3.05, 3.63) is 12.2 Å². The molecule has 1 aliphatic carbocycles. The van der Waals surface area contributed by atoms with Gasteiger partial charge in [-0.25, -0.2) is 4.57 Å². The Morgan fingerprint density at radius 1 is 0.462 bits per heavy atom. The Hall–Kier alpha value is -1.41. The summed E-state index contributed by atoms with van der Waals surface area (Å²) in [5.74, 6) is -1.09. The average molecular weight is 949 g/mol. The molecule has 0 aliphatic heterocycles. The quantitative estimate of drug-likeness (QED) is 0.0145. The molecule has 0 saturated heterocycles. The van der Waals surface area contributed by atoms with Gasteiger partial charge >= 0.3 is 19.8 Å². The molecule has 0 radical (unpaired) electrons. The van der Waals surface area contributed by atoms with Crippen LogP contribution in [0.4, 0.5) is 0 Å². The zero-order valence-electron chi connectivity index (χ0n) is 41.1. The first-order chi connectivity index (χ1) is 31.4. The third-order valence-corrected chi connectivity index (χ3v) is 13.6. The second kappa shape index (κ2) is 41.6. The molecule has 1 fully saturated rings. The van der Waals surface area contributed by atoms with Crippen LogP contribution in [0, 0.1) is 0 Å². The zero-order valence-corrected chi connectivity index (χ0v) is 41.9. The Balaban J connectivity index is 2.35. The maximum Gasteiger partial charge on any atom is 0.472 e. The summed E-state index contributed by atoms with van der Waals surface area (Å²) in [6.07, 6.45) is 32.6. The van der Waals surface area contributed by atoms with Crippen LogP contribution in [-0.4, -0.2) is 98.3 Å². The Bertz CT molecular complexity index is 1190. The number of carbonyl (C=O) groups is 2. The van der Waals surface area contributed by atoms with Gasteiger partial charge in [-0.3, -0.25) is 18.6 Å². The van der Waals surface area contributed by atoms with Gasteiger partial charge in [0.15, 0.2) is 6.10 Å². The molecule has 14 heteroatoms. The maximum absolute atomic E-state index is 12.8. The van der Waals surface area contributed by atoms with Gasteiger partial charge in [-0.2, -0.15) is 0 Å². The van der Waals surface area contributed by atoms with Crippen LogP contribution in [0.3, 0.4) is 0 Å². The van der Waals surface area contributed by atoms with Crippen LogP contribution in [-0.2, 0) is 32.7 Å². The molecule has 8 atom stereocenters. The monoisotopic (exact) mass is 949 g/mol. The summed E-state index contributed by atoms with van der Waals surface area (Å²) in [4.78, 5) is 35.8. The summed E-state index contributed by atoms with van der Waals surface area (Å²) in [5.41, 5.74) is 0. The molecule has 384 valence electrons. The lowest BCUT2D eigenvalue weighted by molar-refractivity contribution is -0.220. The molecule has 0 spiro atoms. The van der Waals surface area contributed by atoms with E-state index in [0.29, 0.717) is 12.8 Å². The molecule has 65 heavy (non-hydrogen) atoms. The minimum atomic E-state index is -5.12. The van der Waals surface area contributed by atoms with Crippen molar-refractivity contribution in [2.45, 2.75) is 288 Å². The minimum absolute atomic E-state index is 0.0960. The van der Waals surface area contributed by atoms with Gasteiger partial charge in [0.1, 0.15) is 43.2 Å². The molecule has 1 saturated carbocycles. The SMILES string of the molecule is CCCCCC/C=C/CCCCCCCCCC(=O)O[C@@H](COC(=O)CCCCCCCCCCCCCCCCCCCCCCC)COP(=O)(O)OC1C(O)C(O)C(O)[C@H](O)C1O. The fourth-order valence-electron chi connectivity index (χ4n) is 8.34. The molecule has 1 aliphatic rings. The lowest BCUT2D eigenvalue weighted by Gasteiger charge is -2.41. The van der Waals surface area contributed by atoms with E-state index in [-0.39, 0.29) is 12.8 Å². The molecule has 13 nitrogen and oxygen atoms in total. The van der Waals surface area contributed by atoms with Crippen LogP contribution in [0.25, 0.3) is 0 Å². The first-order valence-corrected chi connectivity index (χ1v) is 28.0. The number of ether oxygens (including phenoxy) is 2. The van der Waals surface area contributed by atoms with Crippen molar-refractivity contribution in [3.63, 3.8) is 0 Å². The summed E-state index contributed by atoms with van der Waals surface area (Å²) in [5, 5.41) is 50.3. The number of phosphoric ester groups is 1. The second-order valence-electron chi connectivity index (χ2n) is 18.7. The molecule has 0 bridgehead atoms. The van der Waals surface area contributed by atoms with Crippen molar-refractivity contribution in [1.29, 1.82) is 0 Å². The predicted molar refractivity (Wildman–Crippen MR) is 258 cm³/mol. The van der Waals surface area contributed by atoms with Gasteiger partial charge in [0.05, 0.1) is 6.61 Å². The molecule has 6 N–H and O–H groups in total. The molecule has 6 unspecified atom stereocenters. The summed E-state index contributed by atoms with van der Waals surface area (Å²) < 4.78 is 33.6. The average Bonchev–Trinajstić information content (AvgIpc) is 3.29. The highest BCUT2D eigenvalue weighted by molar-refractivity contribution is 7.47. The van der Waals surface area contributed by atoms with E-state index in [2.05, 4.69) is 26.0 Å². The summed E-state index contributed by atoms with van der Waals surface area (Å²) in [6.45, 7) is 3.33. The highest BCUT2D eigenvalue weighted by Gasteiger charge is 2.51. The Kier molecular flexibility index (Phi) is 39.4. The van der Waals surface area contributed by atoms with Crippen LogP contribution in [0.5, 0.6) is 0 Å². The van der Waals surface area contributed by atoms with Gasteiger partial charge in [0.25, 0.3) is 0 Å². The molecule has 0 amide bonds. The van der Waals surface area contributed by atoms with E-state index in [9.17, 15) is 44.6 Å². The van der Waals surface area contributed by atoms with E-state index in [0.717, 1.165) is 57.8 Å². The van der Waals surface area contributed by atoms with Crippen molar-refractivity contribution >= 4 is 19.8 Å². The summed E-state index contributed by atoms with van der Waals surface area (Å²) >= 11 is 0. The highest BCUT2D eigenvalue weighted by Crippen LogP contribution is 2.47. The standard InChI is InChI=1S/C51H97O13P/c1-3-5-7-9-11-13-15-17-19-20-21-22-23-24-26-27-29-31-33-35-37-39-44(52)61-41-43(42-62-65(59,60)64-51-49(57)47(55)46(54)48(56)50(51)58)63-45(53)40-38-36-34-32-30-28-25-18-16-14-12-10-8-6-4-2/h14,16,43,46-51,54-58H,3-13,15,17-42H2,1-2H3,(H,59,60)/b16-14+/t43-,46?,47-,48?,49?,50?,51?/m0/s1. The van der Waals surface area contributed by atoms with Crippen molar-refractivity contribution in [1.82, 2.24) is 0 Å². The highest BCUT2D eigenvalue weighted by atomic mass is 31.2. The number of phosphoric acid groups is 1. The van der Waals surface area contributed by atoms with Gasteiger partial charge in [0.2, 0.25) is 0 Å². The van der Waals surface area contributed by atoms with Crippen LogP contribution in [0.2, 0.25) is 0 Å². The fourth-order valence-corrected chi connectivity index (χ4v) is 9.32. The largest absolute Gasteiger partial charge is 0.472 e. The Morgan fingerprint density at radius 3 is 1.18 bits per heavy atom. The molecule has 0 heterocycles. The number of aliphatic hydroxyl groups is 5. The number of carbonyl (C=O) groups excluding carboxylic acids is 2. The number of esters is 2. The lowest BCUT2D eigenvalue weighted by Crippen LogP contribution is -2.64. The zero-order chi connectivity index (χ0) is 47.8. The number of aliphatic hydroxyl groups excluding tert-OH is 5. The maximum atomic E-state index is 12.8. The first kappa shape index (κ1) is 61.6. The summed E-state index contributed by atoms with van der Waals surface area (Å²) in [7, 11) is -5.12. The van der Waals surface area contributed by atoms with Gasteiger partial charge in [0, 0.05) is 12.8 Å². The number of hydrogen-bond donors (Lipinski definition) is 6. The fraction of sp³-hybridized carbons (Fsp3) is 0.922. The van der Waals surface area contributed by atoms with Crippen LogP contribution >= 0.6 is 7.82 Å². The lowest BCUT2D eigenvalue weighted by atomic mass is 9.85. The van der Waals surface area contributed by atoms with Crippen molar-refractivity contribution < 1.29 is 63.1 Å². The number of rotatable bonds is 45. The Labute approximate surface area is 394 Å². The van der Waals surface area contributed by atoms with Gasteiger partial charge in [-0.05, 0) is 38.5 Å². The molecular formula is C51H97O13P. The van der Waals surface area contributed by atoms with Gasteiger partial charge < -0.3 is 39.9 Å². The smallest absolute Gasteiger partial charge is 0.462 e. The number of allylic oxidation sites excluding steroid dienone is 2. The van der Waals surface area contributed by atoms with Gasteiger partial charge in [-0.15, -0.1) is 0 Å². The van der Waals surface area contributed by atoms with E-state index in [1.165, 1.54) is 148 Å². The summed E-state index contributed by atoms with van der Waals surface area (Å²) in [6, 6.07) is 0. The molecule has 0 aromatic heterocycles. The third-order valence-electron chi connectivity index (χ3n) is 12.6. The van der Waals surface area contributed by atoms with Crippen molar-refractivity contribution in [2.75, 3.05) is 13.2 Å². The first-order valence-electron chi connectivity index (χ1n) is 26.5. The van der Waals surface area contributed by atoms with E-state index < -0.39 is 75.7 Å². The van der Waals surface area contributed by atoms with Crippen molar-refractivity contribution in [2.24, 2.45) is 0 Å². The van der Waals surface area contributed by atoms with Crippen molar-refractivity contribution in [3.8, 4) is 0 Å². The molecular weight excluding hydrogens is 852 g/mol. The Morgan fingerprint density at radius 2 is 0.785 bits per heavy atom. The van der Waals surface area contributed by atoms with Gasteiger partial charge in [-0.1, -0.05) is 206 Å². The van der Waals surface area contributed by atoms with Crippen LogP contribution in [0.1, 0.15) is 245 Å². The molecule has 1 rings (SSSR count). The van der Waals surface area contributed by atoms with E-state index >= 15 is 0 Å². The topological polar surface area (TPSA) is 210 Å². The molecule has 0 aromatic rings. The van der Waals surface area contributed by atoms with Crippen LogP contribution in [0.15, 0.2) is 12.2 Å². The van der Waals surface area contributed by atoms with E-state index in [4.69, 9.17) is 18.5 Å². The normalized spacial score (nSPS) is 21.4. The van der Waals surface area contributed by atoms with E-state index in [1.54, 1.807) is 0 Å². The van der Waals surface area contributed by atoms with Crippen LogP contribution < -0.4 is 0 Å². The minimum Gasteiger partial charge on any atom is -0.462 e. The van der Waals surface area contributed by atoms with E-state index in [1.807, 2.05) is 0 Å². The number of unbranched alkanes of at least 4 members (excludes halogenated alkanes) is 31.